The Hall–Kier alpha value is -3.13. The fraction of sp³-hybridized carbons (Fsp3) is 0.273. The van der Waals surface area contributed by atoms with Crippen LogP contribution in [0, 0.1) is 23.1 Å². The maximum atomic E-state index is 13.5. The molecule has 3 atom stereocenters. The highest BCUT2D eigenvalue weighted by Crippen LogP contribution is 2.38. The number of halogens is 1. The molecule has 1 heterocycles. The first-order valence-corrected chi connectivity index (χ1v) is 8.79. The van der Waals surface area contributed by atoms with Gasteiger partial charge in [-0.3, -0.25) is 4.79 Å². The van der Waals surface area contributed by atoms with Gasteiger partial charge in [0, 0.05) is 11.3 Å². The molecule has 0 saturated heterocycles. The van der Waals surface area contributed by atoms with Gasteiger partial charge >= 0.3 is 0 Å². The number of benzene rings is 2. The Labute approximate surface area is 160 Å². The van der Waals surface area contributed by atoms with Gasteiger partial charge in [-0.25, -0.2) is 4.39 Å². The fourth-order valence-electron chi connectivity index (χ4n) is 3.41. The van der Waals surface area contributed by atoms with E-state index in [4.69, 9.17) is 1.37 Å². The summed E-state index contributed by atoms with van der Waals surface area (Å²) in [6, 6.07) is 16.8. The molecule has 138 valence electrons. The van der Waals surface area contributed by atoms with Crippen molar-refractivity contribution >= 4 is 5.91 Å². The van der Waals surface area contributed by atoms with Crippen LogP contribution in [0.5, 0.6) is 0 Å². The lowest BCUT2D eigenvalue weighted by molar-refractivity contribution is 0.0848. The van der Waals surface area contributed by atoms with Crippen molar-refractivity contribution in [3.05, 3.63) is 82.8 Å². The maximum Gasteiger partial charge on any atom is 0.253 e. The van der Waals surface area contributed by atoms with E-state index in [0.29, 0.717) is 0 Å². The van der Waals surface area contributed by atoms with Crippen LogP contribution in [0.4, 0.5) is 4.39 Å². The number of allylic oxidation sites excluding steroid dienone is 1. The molecule has 0 radical (unpaired) electrons. The van der Waals surface area contributed by atoms with Crippen molar-refractivity contribution in [2.24, 2.45) is 5.92 Å². The Morgan fingerprint density at radius 3 is 2.59 bits per heavy atom. The summed E-state index contributed by atoms with van der Waals surface area (Å²) in [5.74, 6) is -1.98. The highest BCUT2D eigenvalue weighted by atomic mass is 19.1. The van der Waals surface area contributed by atoms with E-state index in [-0.39, 0.29) is 11.6 Å². The Kier molecular flexibility index (Phi) is 4.88. The Morgan fingerprint density at radius 1 is 1.26 bits per heavy atom. The number of nitrogens with zero attached hydrogens (tertiary/aromatic N) is 2. The molecule has 2 aromatic carbocycles. The maximum absolute atomic E-state index is 13.5. The summed E-state index contributed by atoms with van der Waals surface area (Å²) in [5.41, 5.74) is 2.58. The molecule has 1 aliphatic heterocycles. The molecule has 4 nitrogen and oxygen atoms in total. The minimum Gasteiger partial charge on any atom is -0.347 e. The van der Waals surface area contributed by atoms with Gasteiger partial charge in [0.2, 0.25) is 0 Å². The van der Waals surface area contributed by atoms with Crippen LogP contribution in [0.15, 0.2) is 65.9 Å². The number of hydrogen-bond donors (Lipinski definition) is 1. The van der Waals surface area contributed by atoms with Crippen LogP contribution in [-0.2, 0) is 0 Å². The third-order valence-electron chi connectivity index (χ3n) is 5.02. The number of nitrogens with one attached hydrogen (secondary N) is 1. The summed E-state index contributed by atoms with van der Waals surface area (Å²) in [5, 5.41) is 12.4. The van der Waals surface area contributed by atoms with E-state index in [1.807, 2.05) is 44.2 Å². The number of amides is 1. The summed E-state index contributed by atoms with van der Waals surface area (Å²) < 4.78 is 22.6. The number of carbonyl (C=O) groups excluding carboxylic acids is 1. The van der Waals surface area contributed by atoms with Crippen LogP contribution < -0.4 is 5.32 Å². The van der Waals surface area contributed by atoms with Crippen LogP contribution >= 0.6 is 0 Å². The number of nitriles is 1. The number of rotatable bonds is 4. The van der Waals surface area contributed by atoms with Gasteiger partial charge in [0.15, 0.2) is 0 Å². The Balaban J connectivity index is 2.01. The quantitative estimate of drug-likeness (QED) is 0.875. The smallest absolute Gasteiger partial charge is 0.253 e. The van der Waals surface area contributed by atoms with Gasteiger partial charge in [-0.2, -0.15) is 5.26 Å². The van der Waals surface area contributed by atoms with E-state index >= 15 is 0 Å². The molecule has 0 aliphatic carbocycles. The molecule has 0 aromatic heterocycles. The topological polar surface area (TPSA) is 56.1 Å². The van der Waals surface area contributed by atoms with Gasteiger partial charge < -0.3 is 10.2 Å². The van der Waals surface area contributed by atoms with Gasteiger partial charge in [-0.1, -0.05) is 36.4 Å². The van der Waals surface area contributed by atoms with Gasteiger partial charge in [0.25, 0.3) is 5.91 Å². The first kappa shape index (κ1) is 17.3. The van der Waals surface area contributed by atoms with Crippen molar-refractivity contribution in [2.75, 3.05) is 0 Å². The van der Waals surface area contributed by atoms with E-state index in [9.17, 15) is 14.4 Å². The van der Waals surface area contributed by atoms with Gasteiger partial charge in [-0.05, 0) is 50.1 Å². The highest BCUT2D eigenvalue weighted by Gasteiger charge is 2.40. The average Bonchev–Trinajstić information content (AvgIpc) is 2.87. The third-order valence-corrected chi connectivity index (χ3v) is 5.02. The summed E-state index contributed by atoms with van der Waals surface area (Å²) >= 11 is 0. The molecule has 3 rings (SSSR count). The summed E-state index contributed by atoms with van der Waals surface area (Å²) in [6.07, 6.45) is -1.71. The molecule has 27 heavy (non-hydrogen) atoms. The molecule has 5 heteroatoms. The largest absolute Gasteiger partial charge is 0.347 e. The molecule has 0 bridgehead atoms. The Morgan fingerprint density at radius 2 is 1.96 bits per heavy atom. The second kappa shape index (κ2) is 7.63. The molecule has 0 spiro atoms. The van der Waals surface area contributed by atoms with E-state index in [2.05, 4.69) is 11.4 Å². The van der Waals surface area contributed by atoms with E-state index in [1.165, 1.54) is 18.2 Å². The lowest BCUT2D eigenvalue weighted by atomic mass is 10.0. The molecule has 2 aromatic rings. The van der Waals surface area contributed by atoms with E-state index < -0.39 is 23.8 Å². The monoisotopic (exact) mass is 364 g/mol. The Bertz CT molecular complexity index is 969. The second-order valence-corrected chi connectivity index (χ2v) is 6.64. The van der Waals surface area contributed by atoms with Crippen LogP contribution in [0.25, 0.3) is 0 Å². The minimum absolute atomic E-state index is 0.109. The van der Waals surface area contributed by atoms with Gasteiger partial charge in [0.1, 0.15) is 17.9 Å². The number of hydrogen-bond acceptors (Lipinski definition) is 3. The van der Waals surface area contributed by atoms with Crippen LogP contribution in [0.2, 0.25) is 0 Å². The molecule has 1 amide bonds. The zero-order valence-electron chi connectivity index (χ0n) is 16.5. The van der Waals surface area contributed by atoms with Crippen molar-refractivity contribution in [1.82, 2.24) is 10.2 Å². The highest BCUT2D eigenvalue weighted by molar-refractivity contribution is 5.94. The second-order valence-electron chi connectivity index (χ2n) is 6.64. The van der Waals surface area contributed by atoms with Gasteiger partial charge in [-0.15, -0.1) is 0 Å². The van der Waals surface area contributed by atoms with Crippen LogP contribution in [-0.4, -0.2) is 16.9 Å². The van der Waals surface area contributed by atoms with Crippen molar-refractivity contribution < 1.29 is 10.6 Å². The van der Waals surface area contributed by atoms with Crippen LogP contribution in [0.1, 0.15) is 44.1 Å². The first-order chi connectivity index (χ1) is 13.3. The zero-order valence-corrected chi connectivity index (χ0v) is 15.5. The van der Waals surface area contributed by atoms with Crippen molar-refractivity contribution in [3.63, 3.8) is 0 Å². The van der Waals surface area contributed by atoms with E-state index in [0.717, 1.165) is 22.9 Å². The number of carbonyl (C=O) groups is 1. The average molecular weight is 364 g/mol. The molecule has 0 saturated carbocycles. The molecular formula is C22H22FN3O. The summed E-state index contributed by atoms with van der Waals surface area (Å²) in [7, 11) is 0. The SMILES string of the molecule is [2H]C1(NC(=O)c2cccc(F)c2)C(C#N)C(C)=C(C)N1C(C)c1ccccc1. The molecule has 0 fully saturated rings. The summed E-state index contributed by atoms with van der Waals surface area (Å²) in [6.45, 7) is 5.59. The predicted molar refractivity (Wildman–Crippen MR) is 102 cm³/mol. The predicted octanol–water partition coefficient (Wildman–Crippen LogP) is 4.39. The zero-order chi connectivity index (χ0) is 20.5. The molecular weight excluding hydrogens is 341 g/mol. The molecule has 1 N–H and O–H groups in total. The first-order valence-electron chi connectivity index (χ1n) is 9.29. The third kappa shape index (κ3) is 3.56. The lowest BCUT2D eigenvalue weighted by Crippen LogP contribution is -2.48. The standard InChI is InChI=1S/C22H22FN3O/c1-14-15(2)26(16(3)17-8-5-4-6-9-17)21(20(14)13-24)25-22(27)18-10-7-11-19(23)12-18/h4-12,16,20-21H,1-3H3,(H,25,27)/i21D. The van der Waals surface area contributed by atoms with Crippen LogP contribution in [0.3, 0.4) is 0 Å². The van der Waals surface area contributed by atoms with Crippen molar-refractivity contribution in [1.29, 1.82) is 5.26 Å². The summed E-state index contributed by atoms with van der Waals surface area (Å²) in [4.78, 5) is 14.5. The molecule has 1 aliphatic rings. The fourth-order valence-corrected chi connectivity index (χ4v) is 3.41. The van der Waals surface area contributed by atoms with Crippen molar-refractivity contribution in [3.8, 4) is 6.07 Å². The lowest BCUT2D eigenvalue weighted by Gasteiger charge is -2.36. The minimum atomic E-state index is -1.71. The van der Waals surface area contributed by atoms with Crippen molar-refractivity contribution in [2.45, 2.75) is 33.0 Å². The molecule has 3 unspecified atom stereocenters. The van der Waals surface area contributed by atoms with E-state index in [1.54, 1.807) is 11.8 Å². The van der Waals surface area contributed by atoms with Gasteiger partial charge in [0.05, 0.1) is 13.5 Å². The normalized spacial score (nSPS) is 23.6.